The largest absolute Gasteiger partial charge is 0.396 e. The molecule has 0 aromatic heterocycles. The molecule has 0 bridgehead atoms. The van der Waals surface area contributed by atoms with Crippen LogP contribution in [-0.2, 0) is 9.53 Å². The van der Waals surface area contributed by atoms with Gasteiger partial charge < -0.3 is 15.2 Å². The first-order valence-corrected chi connectivity index (χ1v) is 5.82. The first-order valence-electron chi connectivity index (χ1n) is 5.82. The molecule has 1 rings (SSSR count). The van der Waals surface area contributed by atoms with Crippen LogP contribution in [0.5, 0.6) is 0 Å². The van der Waals surface area contributed by atoms with E-state index < -0.39 is 0 Å². The molecule has 1 fully saturated rings. The number of amides is 1. The average Bonchev–Trinajstić information content (AvgIpc) is 2.28. The van der Waals surface area contributed by atoms with E-state index in [9.17, 15) is 4.79 Å². The van der Waals surface area contributed by atoms with Crippen LogP contribution in [0.2, 0.25) is 0 Å². The Labute approximate surface area is 91.0 Å². The zero-order valence-electron chi connectivity index (χ0n) is 9.21. The van der Waals surface area contributed by atoms with Crippen molar-refractivity contribution in [2.45, 2.75) is 44.6 Å². The molecule has 1 heterocycles. The molecule has 4 nitrogen and oxygen atoms in total. The number of aliphatic hydroxyl groups is 1. The molecule has 1 saturated heterocycles. The summed E-state index contributed by atoms with van der Waals surface area (Å²) in [5.41, 5.74) is 0. The van der Waals surface area contributed by atoms with Crippen LogP contribution >= 0.6 is 0 Å². The molecule has 4 heteroatoms. The number of carbonyl (C=O) groups is 1. The molecule has 0 aromatic rings. The van der Waals surface area contributed by atoms with Gasteiger partial charge in [0.15, 0.2) is 0 Å². The average molecular weight is 215 g/mol. The number of hydrogen-bond donors (Lipinski definition) is 2. The van der Waals surface area contributed by atoms with Crippen molar-refractivity contribution in [3.05, 3.63) is 0 Å². The Morgan fingerprint density at radius 2 is 2.33 bits per heavy atom. The third-order valence-electron chi connectivity index (χ3n) is 2.62. The molecular formula is C11H21NO3. The molecule has 1 aliphatic rings. The number of ether oxygens (including phenoxy) is 1. The van der Waals surface area contributed by atoms with Gasteiger partial charge in [-0.1, -0.05) is 0 Å². The van der Waals surface area contributed by atoms with Crippen molar-refractivity contribution in [2.24, 2.45) is 0 Å². The van der Waals surface area contributed by atoms with Crippen LogP contribution in [0.25, 0.3) is 0 Å². The first kappa shape index (κ1) is 12.5. The molecule has 0 spiro atoms. The molecule has 88 valence electrons. The van der Waals surface area contributed by atoms with Gasteiger partial charge in [0.1, 0.15) is 0 Å². The van der Waals surface area contributed by atoms with Crippen molar-refractivity contribution in [1.29, 1.82) is 0 Å². The summed E-state index contributed by atoms with van der Waals surface area (Å²) >= 11 is 0. The van der Waals surface area contributed by atoms with E-state index in [0.717, 1.165) is 19.4 Å². The van der Waals surface area contributed by atoms with Crippen LogP contribution in [0.1, 0.15) is 38.5 Å². The molecule has 0 aromatic carbocycles. The Balaban J connectivity index is 1.97. The minimum Gasteiger partial charge on any atom is -0.396 e. The summed E-state index contributed by atoms with van der Waals surface area (Å²) in [5, 5.41) is 11.4. The Morgan fingerprint density at radius 1 is 1.47 bits per heavy atom. The summed E-state index contributed by atoms with van der Waals surface area (Å²) in [6.45, 7) is 1.64. The van der Waals surface area contributed by atoms with Crippen molar-refractivity contribution in [3.8, 4) is 0 Å². The Kier molecular flexibility index (Phi) is 6.36. The predicted octanol–water partition coefficient (Wildman–Crippen LogP) is 0.834. The monoisotopic (exact) mass is 215 g/mol. The SMILES string of the molecule is O=C(CCCO)NCCC1CCCCO1. The highest BCUT2D eigenvalue weighted by Crippen LogP contribution is 2.14. The minimum atomic E-state index is 0.0276. The van der Waals surface area contributed by atoms with E-state index in [2.05, 4.69) is 5.32 Å². The maximum absolute atomic E-state index is 11.2. The summed E-state index contributed by atoms with van der Waals surface area (Å²) in [4.78, 5) is 11.2. The van der Waals surface area contributed by atoms with E-state index in [1.807, 2.05) is 0 Å². The van der Waals surface area contributed by atoms with Crippen LogP contribution in [0.3, 0.4) is 0 Å². The topological polar surface area (TPSA) is 58.6 Å². The highest BCUT2D eigenvalue weighted by atomic mass is 16.5. The molecule has 2 N–H and O–H groups in total. The van der Waals surface area contributed by atoms with Gasteiger partial charge in [0.2, 0.25) is 5.91 Å². The van der Waals surface area contributed by atoms with Crippen molar-refractivity contribution in [1.82, 2.24) is 5.32 Å². The van der Waals surface area contributed by atoms with Gasteiger partial charge in [-0.2, -0.15) is 0 Å². The highest BCUT2D eigenvalue weighted by molar-refractivity contribution is 5.75. The maximum Gasteiger partial charge on any atom is 0.220 e. The summed E-state index contributed by atoms with van der Waals surface area (Å²) in [6, 6.07) is 0. The van der Waals surface area contributed by atoms with Crippen LogP contribution in [0.15, 0.2) is 0 Å². The summed E-state index contributed by atoms with van der Waals surface area (Å²) in [5.74, 6) is 0.0276. The van der Waals surface area contributed by atoms with E-state index in [1.54, 1.807) is 0 Å². The Hall–Kier alpha value is -0.610. The van der Waals surface area contributed by atoms with Gasteiger partial charge in [0.05, 0.1) is 6.10 Å². The van der Waals surface area contributed by atoms with Crippen LogP contribution < -0.4 is 5.32 Å². The van der Waals surface area contributed by atoms with Crippen molar-refractivity contribution >= 4 is 5.91 Å². The second-order valence-electron chi connectivity index (χ2n) is 3.95. The third kappa shape index (κ3) is 5.74. The highest BCUT2D eigenvalue weighted by Gasteiger charge is 2.13. The van der Waals surface area contributed by atoms with Gasteiger partial charge in [-0.05, 0) is 32.1 Å². The van der Waals surface area contributed by atoms with Crippen molar-refractivity contribution < 1.29 is 14.6 Å². The Morgan fingerprint density at radius 3 is 3.00 bits per heavy atom. The number of nitrogens with one attached hydrogen (secondary N) is 1. The van der Waals surface area contributed by atoms with E-state index >= 15 is 0 Å². The normalized spacial score (nSPS) is 21.3. The lowest BCUT2D eigenvalue weighted by Gasteiger charge is -2.22. The van der Waals surface area contributed by atoms with Gasteiger partial charge in [0.25, 0.3) is 0 Å². The van der Waals surface area contributed by atoms with Crippen molar-refractivity contribution in [2.75, 3.05) is 19.8 Å². The standard InChI is InChI=1S/C11H21NO3/c13-8-3-5-11(14)12-7-6-10-4-1-2-9-15-10/h10,13H,1-9H2,(H,12,14). The number of aliphatic hydroxyl groups excluding tert-OH is 1. The molecule has 15 heavy (non-hydrogen) atoms. The van der Waals surface area contributed by atoms with Gasteiger partial charge in [0, 0.05) is 26.2 Å². The zero-order valence-corrected chi connectivity index (χ0v) is 9.21. The van der Waals surface area contributed by atoms with Gasteiger partial charge in [-0.15, -0.1) is 0 Å². The molecule has 0 aliphatic carbocycles. The molecule has 0 radical (unpaired) electrons. The van der Waals surface area contributed by atoms with E-state index in [-0.39, 0.29) is 12.5 Å². The quantitative estimate of drug-likeness (QED) is 0.690. The minimum absolute atomic E-state index is 0.0276. The fraction of sp³-hybridized carbons (Fsp3) is 0.909. The third-order valence-corrected chi connectivity index (χ3v) is 2.62. The van der Waals surface area contributed by atoms with E-state index in [0.29, 0.717) is 25.5 Å². The summed E-state index contributed by atoms with van der Waals surface area (Å²) < 4.78 is 5.55. The predicted molar refractivity (Wildman–Crippen MR) is 57.5 cm³/mol. The van der Waals surface area contributed by atoms with Gasteiger partial charge in [-0.3, -0.25) is 4.79 Å². The maximum atomic E-state index is 11.2. The van der Waals surface area contributed by atoms with Crippen LogP contribution in [-0.4, -0.2) is 36.9 Å². The Bertz CT molecular complexity index is 179. The van der Waals surface area contributed by atoms with Crippen molar-refractivity contribution in [3.63, 3.8) is 0 Å². The molecule has 1 unspecified atom stereocenters. The molecule has 1 aliphatic heterocycles. The van der Waals surface area contributed by atoms with E-state index in [1.165, 1.54) is 12.8 Å². The van der Waals surface area contributed by atoms with E-state index in [4.69, 9.17) is 9.84 Å². The molecular weight excluding hydrogens is 194 g/mol. The lowest BCUT2D eigenvalue weighted by Crippen LogP contribution is -2.29. The molecule has 1 amide bonds. The first-order chi connectivity index (χ1) is 7.33. The number of carbonyl (C=O) groups excluding carboxylic acids is 1. The van der Waals surface area contributed by atoms with Gasteiger partial charge in [-0.25, -0.2) is 0 Å². The fourth-order valence-electron chi connectivity index (χ4n) is 1.74. The summed E-state index contributed by atoms with van der Waals surface area (Å²) in [6.07, 6.45) is 5.73. The molecule has 1 atom stereocenters. The lowest BCUT2D eigenvalue weighted by molar-refractivity contribution is -0.121. The second-order valence-corrected chi connectivity index (χ2v) is 3.95. The van der Waals surface area contributed by atoms with Crippen LogP contribution in [0, 0.1) is 0 Å². The number of rotatable bonds is 6. The lowest BCUT2D eigenvalue weighted by atomic mass is 10.1. The van der Waals surface area contributed by atoms with Gasteiger partial charge >= 0.3 is 0 Å². The zero-order chi connectivity index (χ0) is 10.9. The fourth-order valence-corrected chi connectivity index (χ4v) is 1.74. The smallest absolute Gasteiger partial charge is 0.220 e. The second kappa shape index (κ2) is 7.65. The van der Waals surface area contributed by atoms with Crippen LogP contribution in [0.4, 0.5) is 0 Å². The molecule has 0 saturated carbocycles. The number of hydrogen-bond acceptors (Lipinski definition) is 3. The summed E-state index contributed by atoms with van der Waals surface area (Å²) in [7, 11) is 0.